The second-order valence-electron chi connectivity index (χ2n) is 7.23. The number of hydrogen-bond acceptors (Lipinski definition) is 3. The van der Waals surface area contributed by atoms with Gasteiger partial charge in [-0.2, -0.15) is 0 Å². The van der Waals surface area contributed by atoms with Crippen LogP contribution in [-0.2, 0) is 6.42 Å². The lowest BCUT2D eigenvalue weighted by molar-refractivity contribution is 0.0910. The number of amides is 1. The summed E-state index contributed by atoms with van der Waals surface area (Å²) < 4.78 is 0. The van der Waals surface area contributed by atoms with Crippen LogP contribution in [0.3, 0.4) is 0 Å². The van der Waals surface area contributed by atoms with Gasteiger partial charge in [-0.25, -0.2) is 0 Å². The van der Waals surface area contributed by atoms with E-state index in [9.17, 15) is 14.4 Å². The number of carbonyl (C=O) groups is 2. The number of fused-ring (bicyclic) bond motifs is 1. The Balaban J connectivity index is 2.04. The molecule has 1 aliphatic rings. The van der Waals surface area contributed by atoms with E-state index in [4.69, 9.17) is 0 Å². The Hall–Kier alpha value is -2.69. The molecule has 1 N–H and O–H groups in total. The van der Waals surface area contributed by atoms with Gasteiger partial charge in [-0.3, -0.25) is 14.4 Å². The van der Waals surface area contributed by atoms with Crippen molar-refractivity contribution in [2.75, 3.05) is 11.4 Å². The van der Waals surface area contributed by atoms with Gasteiger partial charge in [0.2, 0.25) is 0 Å². The highest BCUT2D eigenvalue weighted by Crippen LogP contribution is 2.33. The fraction of sp³-hybridized carbons (Fsp3) is 0.350. The van der Waals surface area contributed by atoms with Gasteiger partial charge >= 0.3 is 0 Å². The molecule has 0 spiro atoms. The molecule has 1 amide bonds. The summed E-state index contributed by atoms with van der Waals surface area (Å²) in [4.78, 5) is 42.2. The zero-order valence-electron chi connectivity index (χ0n) is 14.8. The van der Waals surface area contributed by atoms with Crippen LogP contribution in [0, 0.1) is 5.41 Å². The molecule has 0 saturated carbocycles. The fourth-order valence-electron chi connectivity index (χ4n) is 3.38. The van der Waals surface area contributed by atoms with Crippen molar-refractivity contribution in [1.29, 1.82) is 0 Å². The summed E-state index contributed by atoms with van der Waals surface area (Å²) in [6.07, 6.45) is 1.03. The first-order chi connectivity index (χ1) is 11.8. The molecule has 0 aliphatic heterocycles. The van der Waals surface area contributed by atoms with Gasteiger partial charge in [-0.1, -0.05) is 32.0 Å². The van der Waals surface area contributed by atoms with Crippen molar-refractivity contribution in [2.45, 2.75) is 33.6 Å². The number of pyridine rings is 1. The number of nitrogens with one attached hydrogen (secondary N) is 1. The lowest BCUT2D eigenvalue weighted by atomic mass is 9.75. The van der Waals surface area contributed by atoms with E-state index in [0.29, 0.717) is 30.6 Å². The molecule has 0 fully saturated rings. The molecule has 0 atom stereocenters. The molecule has 0 bridgehead atoms. The molecule has 5 nitrogen and oxygen atoms in total. The molecule has 25 heavy (non-hydrogen) atoms. The normalized spacial score (nSPS) is 15.6. The van der Waals surface area contributed by atoms with Crippen LogP contribution in [0.5, 0.6) is 0 Å². The van der Waals surface area contributed by atoms with Crippen molar-refractivity contribution < 1.29 is 9.59 Å². The summed E-state index contributed by atoms with van der Waals surface area (Å²) in [5.74, 6) is -0.422. The highest BCUT2D eigenvalue weighted by Gasteiger charge is 2.33. The van der Waals surface area contributed by atoms with Crippen LogP contribution in [-0.4, -0.2) is 23.2 Å². The van der Waals surface area contributed by atoms with E-state index >= 15 is 0 Å². The molecule has 0 unspecified atom stereocenters. The minimum absolute atomic E-state index is 0.0116. The molecule has 3 rings (SSSR count). The molecule has 5 heteroatoms. The average Bonchev–Trinajstić information content (AvgIpc) is 2.54. The lowest BCUT2D eigenvalue weighted by Gasteiger charge is -2.30. The van der Waals surface area contributed by atoms with Crippen LogP contribution < -0.4 is 10.5 Å². The van der Waals surface area contributed by atoms with Crippen molar-refractivity contribution in [1.82, 2.24) is 4.98 Å². The molecule has 130 valence electrons. The van der Waals surface area contributed by atoms with Crippen molar-refractivity contribution in [3.8, 4) is 0 Å². The maximum absolute atomic E-state index is 12.9. The Morgan fingerprint density at radius 1 is 1.16 bits per heavy atom. The Morgan fingerprint density at radius 3 is 2.48 bits per heavy atom. The third kappa shape index (κ3) is 3.27. The summed E-state index contributed by atoms with van der Waals surface area (Å²) in [7, 11) is 0. The SMILES string of the molecule is CCN(C(=O)c1cc2c([nH]c1=O)CC(C)(C)CC2=O)c1ccccc1. The topological polar surface area (TPSA) is 70.2 Å². The first kappa shape index (κ1) is 17.1. The third-order valence-electron chi connectivity index (χ3n) is 4.58. The molecular weight excluding hydrogens is 316 g/mol. The molecule has 1 aromatic heterocycles. The Bertz CT molecular complexity index is 882. The highest BCUT2D eigenvalue weighted by atomic mass is 16.2. The molecule has 1 heterocycles. The predicted molar refractivity (Wildman–Crippen MR) is 97.3 cm³/mol. The minimum Gasteiger partial charge on any atom is -0.325 e. The van der Waals surface area contributed by atoms with Gasteiger partial charge in [0, 0.05) is 29.9 Å². The van der Waals surface area contributed by atoms with Gasteiger partial charge in [-0.15, -0.1) is 0 Å². The number of ketones is 1. The smallest absolute Gasteiger partial charge is 0.263 e. The van der Waals surface area contributed by atoms with Gasteiger partial charge in [0.15, 0.2) is 5.78 Å². The number of aromatic nitrogens is 1. The zero-order valence-corrected chi connectivity index (χ0v) is 14.8. The third-order valence-corrected chi connectivity index (χ3v) is 4.58. The molecule has 1 aliphatic carbocycles. The highest BCUT2D eigenvalue weighted by molar-refractivity contribution is 6.08. The van der Waals surface area contributed by atoms with E-state index in [1.54, 1.807) is 0 Å². The second kappa shape index (κ2) is 6.31. The number of H-pyrrole nitrogens is 1. The van der Waals surface area contributed by atoms with E-state index in [2.05, 4.69) is 4.98 Å². The Labute approximate surface area is 146 Å². The average molecular weight is 338 g/mol. The largest absolute Gasteiger partial charge is 0.325 e. The first-order valence-electron chi connectivity index (χ1n) is 8.49. The van der Waals surface area contributed by atoms with Gasteiger partial charge in [0.1, 0.15) is 5.56 Å². The number of aromatic amines is 1. The van der Waals surface area contributed by atoms with Crippen LogP contribution in [0.25, 0.3) is 0 Å². The summed E-state index contributed by atoms with van der Waals surface area (Å²) in [6.45, 7) is 6.28. The Kier molecular flexibility index (Phi) is 4.33. The maximum Gasteiger partial charge on any atom is 0.263 e. The zero-order chi connectivity index (χ0) is 18.2. The number of nitrogens with zero attached hydrogens (tertiary/aromatic N) is 1. The van der Waals surface area contributed by atoms with E-state index in [0.717, 1.165) is 5.69 Å². The monoisotopic (exact) mass is 338 g/mol. The van der Waals surface area contributed by atoms with Crippen LogP contribution in [0.15, 0.2) is 41.2 Å². The number of anilines is 1. The van der Waals surface area contributed by atoms with Crippen molar-refractivity contribution in [2.24, 2.45) is 5.41 Å². The number of carbonyl (C=O) groups excluding carboxylic acids is 2. The number of Topliss-reactive ketones (excluding diaryl/α,β-unsaturated/α-hetero) is 1. The van der Waals surface area contributed by atoms with Crippen molar-refractivity contribution >= 4 is 17.4 Å². The molecule has 2 aromatic rings. The van der Waals surface area contributed by atoms with E-state index < -0.39 is 11.5 Å². The molecule has 1 aromatic carbocycles. The minimum atomic E-state index is -0.441. The number of para-hydroxylation sites is 1. The summed E-state index contributed by atoms with van der Waals surface area (Å²) in [5, 5.41) is 0. The van der Waals surface area contributed by atoms with Crippen LogP contribution in [0.4, 0.5) is 5.69 Å². The molecule has 0 radical (unpaired) electrons. The van der Waals surface area contributed by atoms with Crippen molar-refractivity contribution in [3.63, 3.8) is 0 Å². The standard InChI is InChI=1S/C20H22N2O3/c1-4-22(13-8-6-5-7-9-13)19(25)15-10-14-16(21-18(15)24)11-20(2,3)12-17(14)23/h5-10H,4,11-12H2,1-3H3,(H,21,24). The second-order valence-corrected chi connectivity index (χ2v) is 7.23. The molecular formula is C20H22N2O3. The maximum atomic E-state index is 12.9. The van der Waals surface area contributed by atoms with Crippen LogP contribution in [0.1, 0.15) is 53.6 Å². The Morgan fingerprint density at radius 2 is 1.84 bits per heavy atom. The van der Waals surface area contributed by atoms with E-state index in [1.165, 1.54) is 11.0 Å². The van der Waals surface area contributed by atoms with E-state index in [-0.39, 0.29) is 16.8 Å². The lowest BCUT2D eigenvalue weighted by Crippen LogP contribution is -2.37. The van der Waals surface area contributed by atoms with Crippen LogP contribution in [0.2, 0.25) is 0 Å². The van der Waals surface area contributed by atoms with Gasteiger partial charge in [0.25, 0.3) is 11.5 Å². The molecule has 0 saturated heterocycles. The quantitative estimate of drug-likeness (QED) is 0.934. The summed E-state index contributed by atoms with van der Waals surface area (Å²) in [5.41, 5.74) is 1.20. The number of rotatable bonds is 3. The number of benzene rings is 1. The van der Waals surface area contributed by atoms with Crippen LogP contribution >= 0.6 is 0 Å². The predicted octanol–water partition coefficient (Wildman–Crippen LogP) is 3.20. The van der Waals surface area contributed by atoms with Crippen molar-refractivity contribution in [3.05, 3.63) is 63.6 Å². The summed E-state index contributed by atoms with van der Waals surface area (Å²) >= 11 is 0. The number of hydrogen-bond donors (Lipinski definition) is 1. The summed E-state index contributed by atoms with van der Waals surface area (Å²) in [6, 6.07) is 10.7. The van der Waals surface area contributed by atoms with Gasteiger partial charge < -0.3 is 9.88 Å². The van der Waals surface area contributed by atoms with E-state index in [1.807, 2.05) is 51.1 Å². The first-order valence-corrected chi connectivity index (χ1v) is 8.49. The van der Waals surface area contributed by atoms with Gasteiger partial charge in [-0.05, 0) is 37.0 Å². The van der Waals surface area contributed by atoms with Gasteiger partial charge in [0.05, 0.1) is 0 Å². The fourth-order valence-corrected chi connectivity index (χ4v) is 3.38.